The van der Waals surface area contributed by atoms with E-state index in [2.05, 4.69) is 21.6 Å². The van der Waals surface area contributed by atoms with Crippen molar-refractivity contribution >= 4 is 16.7 Å². The van der Waals surface area contributed by atoms with E-state index in [9.17, 15) is 0 Å². The zero-order valence-corrected chi connectivity index (χ0v) is 9.42. The quantitative estimate of drug-likeness (QED) is 0.859. The predicted molar refractivity (Wildman–Crippen MR) is 64.1 cm³/mol. The van der Waals surface area contributed by atoms with Gasteiger partial charge in [0.25, 0.3) is 0 Å². The van der Waals surface area contributed by atoms with E-state index in [4.69, 9.17) is 0 Å². The highest BCUT2D eigenvalue weighted by molar-refractivity contribution is 7.09. The molecule has 0 bridgehead atoms. The molecule has 0 fully saturated rings. The summed E-state index contributed by atoms with van der Waals surface area (Å²) >= 11 is 1.41. The van der Waals surface area contributed by atoms with Crippen LogP contribution in [-0.2, 0) is 0 Å². The molecule has 0 spiro atoms. The van der Waals surface area contributed by atoms with Gasteiger partial charge in [0.1, 0.15) is 0 Å². The Balaban J connectivity index is 2.14. The molecule has 0 atom stereocenters. The van der Waals surface area contributed by atoms with Crippen LogP contribution in [0.5, 0.6) is 0 Å². The van der Waals surface area contributed by atoms with Crippen LogP contribution in [0.2, 0.25) is 0 Å². The lowest BCUT2D eigenvalue weighted by Crippen LogP contribution is -1.98. The van der Waals surface area contributed by atoms with Gasteiger partial charge in [-0.3, -0.25) is 0 Å². The maximum atomic E-state index is 4.41. The maximum absolute atomic E-state index is 4.41. The van der Waals surface area contributed by atoms with Gasteiger partial charge < -0.3 is 5.32 Å². The van der Waals surface area contributed by atoms with Crippen molar-refractivity contribution in [2.75, 3.05) is 11.9 Å². The summed E-state index contributed by atoms with van der Waals surface area (Å²) in [5, 5.41) is 4.13. The van der Waals surface area contributed by atoms with Crippen molar-refractivity contribution < 1.29 is 0 Å². The van der Waals surface area contributed by atoms with Gasteiger partial charge in [-0.15, -0.1) is 0 Å². The van der Waals surface area contributed by atoms with Crippen molar-refractivity contribution in [1.29, 1.82) is 0 Å². The van der Waals surface area contributed by atoms with E-state index in [-0.39, 0.29) is 0 Å². The molecule has 4 heteroatoms. The molecule has 1 heterocycles. The van der Waals surface area contributed by atoms with Crippen LogP contribution < -0.4 is 5.32 Å². The lowest BCUT2D eigenvalue weighted by Gasteiger charge is -1.96. The SMILES string of the molecule is CCCNc1nc(-c2ccccc2)ns1. The number of benzene rings is 1. The fourth-order valence-electron chi connectivity index (χ4n) is 1.23. The highest BCUT2D eigenvalue weighted by Crippen LogP contribution is 2.20. The molecule has 78 valence electrons. The van der Waals surface area contributed by atoms with Crippen LogP contribution >= 0.6 is 11.5 Å². The molecule has 0 saturated heterocycles. The second kappa shape index (κ2) is 4.89. The van der Waals surface area contributed by atoms with Gasteiger partial charge in [0.2, 0.25) is 5.13 Å². The number of nitrogens with one attached hydrogen (secondary N) is 1. The van der Waals surface area contributed by atoms with Crippen molar-refractivity contribution in [2.45, 2.75) is 13.3 Å². The number of anilines is 1. The standard InChI is InChI=1S/C11H13N3S/c1-2-8-12-11-13-10(14-15-11)9-6-4-3-5-7-9/h3-7H,2,8H2,1H3,(H,12,13,14). The summed E-state index contributed by atoms with van der Waals surface area (Å²) in [4.78, 5) is 4.41. The maximum Gasteiger partial charge on any atom is 0.202 e. The van der Waals surface area contributed by atoms with Crippen LogP contribution in [0.25, 0.3) is 11.4 Å². The average Bonchev–Trinajstić information content (AvgIpc) is 2.76. The minimum absolute atomic E-state index is 0.805. The van der Waals surface area contributed by atoms with Crippen LogP contribution in [0.4, 0.5) is 5.13 Å². The molecule has 15 heavy (non-hydrogen) atoms. The third-order valence-electron chi connectivity index (χ3n) is 1.98. The van der Waals surface area contributed by atoms with Gasteiger partial charge in [-0.2, -0.15) is 9.36 Å². The zero-order chi connectivity index (χ0) is 10.5. The molecule has 0 saturated carbocycles. The Morgan fingerprint density at radius 1 is 1.27 bits per heavy atom. The summed E-state index contributed by atoms with van der Waals surface area (Å²) in [5.74, 6) is 0.805. The molecule has 1 aromatic carbocycles. The van der Waals surface area contributed by atoms with Gasteiger partial charge in [-0.05, 0) is 6.42 Å². The number of aromatic nitrogens is 2. The number of hydrogen-bond acceptors (Lipinski definition) is 4. The molecule has 2 rings (SSSR count). The van der Waals surface area contributed by atoms with Crippen molar-refractivity contribution in [3.8, 4) is 11.4 Å². The highest BCUT2D eigenvalue weighted by atomic mass is 32.1. The first-order chi connectivity index (χ1) is 7.40. The summed E-state index contributed by atoms with van der Waals surface area (Å²) < 4.78 is 4.31. The smallest absolute Gasteiger partial charge is 0.202 e. The third-order valence-corrected chi connectivity index (χ3v) is 2.66. The number of rotatable bonds is 4. The minimum Gasteiger partial charge on any atom is -0.360 e. The Morgan fingerprint density at radius 2 is 2.07 bits per heavy atom. The summed E-state index contributed by atoms with van der Waals surface area (Å²) in [7, 11) is 0. The molecule has 3 nitrogen and oxygen atoms in total. The van der Waals surface area contributed by atoms with Gasteiger partial charge in [-0.1, -0.05) is 37.3 Å². The van der Waals surface area contributed by atoms with Crippen LogP contribution in [0, 0.1) is 0 Å². The van der Waals surface area contributed by atoms with E-state index in [1.54, 1.807) is 0 Å². The zero-order valence-electron chi connectivity index (χ0n) is 8.60. The Morgan fingerprint density at radius 3 is 2.80 bits per heavy atom. The molecule has 1 aromatic heterocycles. The molecule has 2 aromatic rings. The van der Waals surface area contributed by atoms with Crippen molar-refractivity contribution in [3.05, 3.63) is 30.3 Å². The van der Waals surface area contributed by atoms with E-state index in [1.807, 2.05) is 30.3 Å². The Labute approximate surface area is 93.4 Å². The normalized spacial score (nSPS) is 10.2. The van der Waals surface area contributed by atoms with E-state index in [1.165, 1.54) is 11.5 Å². The summed E-state index contributed by atoms with van der Waals surface area (Å²) in [6.45, 7) is 3.08. The van der Waals surface area contributed by atoms with E-state index >= 15 is 0 Å². The first-order valence-electron chi connectivity index (χ1n) is 5.03. The van der Waals surface area contributed by atoms with Crippen molar-refractivity contribution in [3.63, 3.8) is 0 Å². The molecule has 0 aliphatic heterocycles. The van der Waals surface area contributed by atoms with Gasteiger partial charge >= 0.3 is 0 Å². The van der Waals surface area contributed by atoms with Gasteiger partial charge in [0.05, 0.1) is 0 Å². The molecule has 0 aliphatic rings. The number of hydrogen-bond donors (Lipinski definition) is 1. The van der Waals surface area contributed by atoms with E-state index < -0.39 is 0 Å². The van der Waals surface area contributed by atoms with Crippen molar-refractivity contribution in [2.24, 2.45) is 0 Å². The largest absolute Gasteiger partial charge is 0.360 e. The van der Waals surface area contributed by atoms with Gasteiger partial charge in [0, 0.05) is 23.6 Å². The molecule has 0 amide bonds. The summed E-state index contributed by atoms with van der Waals surface area (Å²) in [5.41, 5.74) is 1.07. The van der Waals surface area contributed by atoms with E-state index in [0.717, 1.165) is 29.5 Å². The summed E-state index contributed by atoms with van der Waals surface area (Å²) in [6.07, 6.45) is 1.10. The van der Waals surface area contributed by atoms with Crippen LogP contribution in [-0.4, -0.2) is 15.9 Å². The molecular formula is C11H13N3S. The van der Waals surface area contributed by atoms with E-state index in [0.29, 0.717) is 0 Å². The predicted octanol–water partition coefficient (Wildman–Crippen LogP) is 3.03. The van der Waals surface area contributed by atoms with Crippen LogP contribution in [0.3, 0.4) is 0 Å². The van der Waals surface area contributed by atoms with Gasteiger partial charge in [-0.25, -0.2) is 0 Å². The first-order valence-corrected chi connectivity index (χ1v) is 5.80. The van der Waals surface area contributed by atoms with Crippen LogP contribution in [0.1, 0.15) is 13.3 Å². The fourth-order valence-corrected chi connectivity index (χ4v) is 1.84. The minimum atomic E-state index is 0.805. The van der Waals surface area contributed by atoms with Gasteiger partial charge in [0.15, 0.2) is 5.82 Å². The van der Waals surface area contributed by atoms with Crippen molar-refractivity contribution in [1.82, 2.24) is 9.36 Å². The Bertz CT molecular complexity index is 411. The topological polar surface area (TPSA) is 37.8 Å². The second-order valence-electron chi connectivity index (χ2n) is 3.22. The fraction of sp³-hybridized carbons (Fsp3) is 0.273. The first kappa shape index (κ1) is 10.1. The molecule has 0 radical (unpaired) electrons. The monoisotopic (exact) mass is 219 g/mol. The Kier molecular flexibility index (Phi) is 3.29. The average molecular weight is 219 g/mol. The highest BCUT2D eigenvalue weighted by Gasteiger charge is 2.04. The summed E-state index contributed by atoms with van der Waals surface area (Å²) in [6, 6.07) is 10.0. The second-order valence-corrected chi connectivity index (χ2v) is 3.97. The molecular weight excluding hydrogens is 206 g/mol. The Hall–Kier alpha value is -1.42. The lowest BCUT2D eigenvalue weighted by molar-refractivity contribution is 0.976. The molecule has 0 unspecified atom stereocenters. The van der Waals surface area contributed by atoms with Crippen LogP contribution in [0.15, 0.2) is 30.3 Å². The molecule has 0 aliphatic carbocycles. The third kappa shape index (κ3) is 2.53. The lowest BCUT2D eigenvalue weighted by atomic mass is 10.2. The number of nitrogens with zero attached hydrogens (tertiary/aromatic N) is 2. The molecule has 1 N–H and O–H groups in total.